The van der Waals surface area contributed by atoms with Crippen molar-refractivity contribution in [2.24, 2.45) is 10.9 Å². The zero-order chi connectivity index (χ0) is 21.2. The van der Waals surface area contributed by atoms with Crippen molar-refractivity contribution in [3.05, 3.63) is 35.9 Å². The van der Waals surface area contributed by atoms with E-state index in [0.717, 1.165) is 38.1 Å². The first-order chi connectivity index (χ1) is 14.7. The molecule has 5 nitrogen and oxygen atoms in total. The van der Waals surface area contributed by atoms with Gasteiger partial charge in [0.15, 0.2) is 5.96 Å². The third-order valence-corrected chi connectivity index (χ3v) is 7.01. The predicted molar refractivity (Wildman–Crippen MR) is 143 cm³/mol. The number of nitrogens with zero attached hydrogens (tertiary/aromatic N) is 3. The number of guanidine groups is 1. The van der Waals surface area contributed by atoms with Gasteiger partial charge in [-0.2, -0.15) is 0 Å². The molecule has 2 aliphatic heterocycles. The molecule has 2 fully saturated rings. The van der Waals surface area contributed by atoms with E-state index >= 15 is 0 Å². The molecule has 6 heteroatoms. The van der Waals surface area contributed by atoms with Gasteiger partial charge in [-0.15, -0.1) is 24.0 Å². The van der Waals surface area contributed by atoms with E-state index in [1.54, 1.807) is 0 Å². The molecule has 0 amide bonds. The minimum Gasteiger partial charge on any atom is -0.357 e. The molecule has 176 valence electrons. The molecule has 0 aromatic heterocycles. The minimum atomic E-state index is 0. The molecule has 0 spiro atoms. The van der Waals surface area contributed by atoms with Crippen molar-refractivity contribution in [2.75, 3.05) is 45.8 Å². The summed E-state index contributed by atoms with van der Waals surface area (Å²) >= 11 is 0. The molecule has 1 aromatic rings. The minimum absolute atomic E-state index is 0. The zero-order valence-electron chi connectivity index (χ0n) is 19.9. The van der Waals surface area contributed by atoms with Crippen LogP contribution in [0.4, 0.5) is 0 Å². The Bertz CT molecular complexity index is 622. The van der Waals surface area contributed by atoms with E-state index < -0.39 is 0 Å². The number of nitrogens with one attached hydrogen (secondary N) is 2. The third kappa shape index (κ3) is 8.54. The van der Waals surface area contributed by atoms with Gasteiger partial charge in [0.05, 0.1) is 0 Å². The van der Waals surface area contributed by atoms with Crippen LogP contribution in [0.25, 0.3) is 0 Å². The first-order valence-corrected chi connectivity index (χ1v) is 12.3. The maximum atomic E-state index is 4.91. The van der Waals surface area contributed by atoms with Crippen molar-refractivity contribution in [3.8, 4) is 0 Å². The maximum Gasteiger partial charge on any atom is 0.191 e. The summed E-state index contributed by atoms with van der Waals surface area (Å²) in [6.07, 6.45) is 6.26. The summed E-state index contributed by atoms with van der Waals surface area (Å²) in [7, 11) is 0. The molecular weight excluding hydrogens is 497 g/mol. The molecule has 1 atom stereocenters. The van der Waals surface area contributed by atoms with E-state index in [2.05, 4.69) is 71.5 Å². The van der Waals surface area contributed by atoms with E-state index in [-0.39, 0.29) is 24.0 Å². The van der Waals surface area contributed by atoms with Crippen LogP contribution in [0.1, 0.15) is 64.5 Å². The van der Waals surface area contributed by atoms with Crippen molar-refractivity contribution in [1.82, 2.24) is 20.4 Å². The molecule has 0 saturated carbocycles. The van der Waals surface area contributed by atoms with Gasteiger partial charge in [-0.05, 0) is 77.1 Å². The Balaban J connectivity index is 0.00000341. The van der Waals surface area contributed by atoms with Crippen molar-refractivity contribution in [2.45, 2.75) is 65.0 Å². The van der Waals surface area contributed by atoms with Crippen molar-refractivity contribution < 1.29 is 0 Å². The van der Waals surface area contributed by atoms with Crippen molar-refractivity contribution in [3.63, 3.8) is 0 Å². The fourth-order valence-electron chi connectivity index (χ4n) is 4.84. The third-order valence-electron chi connectivity index (χ3n) is 7.01. The second kappa shape index (κ2) is 14.3. The summed E-state index contributed by atoms with van der Waals surface area (Å²) in [6.45, 7) is 14.6. The highest BCUT2D eigenvalue weighted by Gasteiger charge is 2.24. The smallest absolute Gasteiger partial charge is 0.191 e. The lowest BCUT2D eigenvalue weighted by Gasteiger charge is -2.37. The predicted octanol–water partition coefficient (Wildman–Crippen LogP) is 4.51. The lowest BCUT2D eigenvalue weighted by atomic mass is 9.94. The highest BCUT2D eigenvalue weighted by Crippen LogP contribution is 2.24. The van der Waals surface area contributed by atoms with E-state index in [0.29, 0.717) is 12.1 Å². The van der Waals surface area contributed by atoms with Crippen LogP contribution in [0.2, 0.25) is 0 Å². The van der Waals surface area contributed by atoms with E-state index in [1.807, 2.05) is 0 Å². The molecule has 0 aliphatic carbocycles. The summed E-state index contributed by atoms with van der Waals surface area (Å²) in [4.78, 5) is 10.1. The van der Waals surface area contributed by atoms with Gasteiger partial charge >= 0.3 is 0 Å². The summed E-state index contributed by atoms with van der Waals surface area (Å²) in [5, 5.41) is 7.17. The second-order valence-electron chi connectivity index (χ2n) is 8.97. The maximum absolute atomic E-state index is 4.91. The van der Waals surface area contributed by atoms with Crippen LogP contribution in [-0.4, -0.2) is 67.6 Å². The molecule has 2 saturated heterocycles. The zero-order valence-corrected chi connectivity index (χ0v) is 22.2. The monoisotopic (exact) mass is 541 g/mol. The molecular formula is C25H44IN5. The Kier molecular flexibility index (Phi) is 12.2. The number of hydrogen-bond donors (Lipinski definition) is 2. The summed E-state index contributed by atoms with van der Waals surface area (Å²) < 4.78 is 0. The van der Waals surface area contributed by atoms with Gasteiger partial charge in [-0.1, -0.05) is 37.3 Å². The quantitative estimate of drug-likeness (QED) is 0.289. The standard InChI is InChI=1S/C25H43N5.HI/c1-4-26-25(27-16-11-22-12-17-29(5-2)18-13-22)28-24-14-19-30(20-15-24)21(3)23-9-7-6-8-10-23;/h6-10,21-22,24H,4-5,11-20H2,1-3H3,(H2,26,27,28);1H. The molecule has 1 aromatic carbocycles. The van der Waals surface area contributed by atoms with Gasteiger partial charge < -0.3 is 15.5 Å². The van der Waals surface area contributed by atoms with E-state index in [1.165, 1.54) is 57.3 Å². The summed E-state index contributed by atoms with van der Waals surface area (Å²) in [5.41, 5.74) is 1.42. The highest BCUT2D eigenvalue weighted by molar-refractivity contribution is 14.0. The summed E-state index contributed by atoms with van der Waals surface area (Å²) in [5.74, 6) is 1.86. The fourth-order valence-corrected chi connectivity index (χ4v) is 4.84. The van der Waals surface area contributed by atoms with Gasteiger partial charge in [-0.25, -0.2) is 0 Å². The van der Waals surface area contributed by atoms with Crippen LogP contribution < -0.4 is 10.6 Å². The molecule has 2 heterocycles. The Morgan fingerprint density at radius 1 is 1.03 bits per heavy atom. The Morgan fingerprint density at radius 2 is 1.71 bits per heavy atom. The number of rotatable bonds is 8. The average Bonchev–Trinajstić information content (AvgIpc) is 2.80. The largest absolute Gasteiger partial charge is 0.357 e. The van der Waals surface area contributed by atoms with Crippen LogP contribution in [0.5, 0.6) is 0 Å². The lowest BCUT2D eigenvalue weighted by Crippen LogP contribution is -2.49. The average molecular weight is 542 g/mol. The van der Waals surface area contributed by atoms with Crippen LogP contribution in [-0.2, 0) is 0 Å². The number of hydrogen-bond acceptors (Lipinski definition) is 3. The molecule has 0 radical (unpaired) electrons. The molecule has 3 rings (SSSR count). The Morgan fingerprint density at radius 3 is 2.32 bits per heavy atom. The fraction of sp³-hybridized carbons (Fsp3) is 0.720. The Labute approximate surface area is 207 Å². The molecule has 1 unspecified atom stereocenters. The first-order valence-electron chi connectivity index (χ1n) is 12.3. The highest BCUT2D eigenvalue weighted by atomic mass is 127. The lowest BCUT2D eigenvalue weighted by molar-refractivity contribution is 0.158. The molecule has 2 N–H and O–H groups in total. The van der Waals surface area contributed by atoms with E-state index in [9.17, 15) is 0 Å². The van der Waals surface area contributed by atoms with Gasteiger partial charge in [-0.3, -0.25) is 9.89 Å². The van der Waals surface area contributed by atoms with Gasteiger partial charge in [0, 0.05) is 38.3 Å². The second-order valence-corrected chi connectivity index (χ2v) is 8.97. The molecule has 0 bridgehead atoms. The number of aliphatic imine (C=N–C) groups is 1. The van der Waals surface area contributed by atoms with Crippen molar-refractivity contribution in [1.29, 1.82) is 0 Å². The van der Waals surface area contributed by atoms with Gasteiger partial charge in [0.25, 0.3) is 0 Å². The molecule has 2 aliphatic rings. The van der Waals surface area contributed by atoms with Crippen LogP contribution in [0.15, 0.2) is 35.3 Å². The number of benzene rings is 1. The van der Waals surface area contributed by atoms with Crippen LogP contribution in [0, 0.1) is 5.92 Å². The number of likely N-dealkylation sites (tertiary alicyclic amines) is 2. The Hall–Kier alpha value is -0.860. The van der Waals surface area contributed by atoms with E-state index in [4.69, 9.17) is 4.99 Å². The number of halogens is 1. The van der Waals surface area contributed by atoms with Gasteiger partial charge in [0.1, 0.15) is 0 Å². The number of piperidine rings is 2. The van der Waals surface area contributed by atoms with Crippen LogP contribution in [0.3, 0.4) is 0 Å². The normalized spacial score (nSPS) is 20.8. The van der Waals surface area contributed by atoms with Gasteiger partial charge in [0.2, 0.25) is 0 Å². The van der Waals surface area contributed by atoms with Crippen LogP contribution >= 0.6 is 24.0 Å². The van der Waals surface area contributed by atoms with Crippen molar-refractivity contribution >= 4 is 29.9 Å². The SMILES string of the molecule is CCNC(=NCCC1CCN(CC)CC1)NC1CCN(C(C)c2ccccc2)CC1.I. The summed E-state index contributed by atoms with van der Waals surface area (Å²) in [6, 6.07) is 11.9. The topological polar surface area (TPSA) is 42.9 Å². The first kappa shape index (κ1) is 26.4. The molecule has 31 heavy (non-hydrogen) atoms.